The van der Waals surface area contributed by atoms with Crippen molar-refractivity contribution < 1.29 is 14.3 Å². The number of nitrogens with zero attached hydrogens (tertiary/aromatic N) is 1. The molecular weight excluding hydrogens is 208 g/mol. The topological polar surface area (TPSA) is 58.6 Å². The van der Waals surface area contributed by atoms with E-state index in [4.69, 9.17) is 4.74 Å². The van der Waals surface area contributed by atoms with Gasteiger partial charge < -0.3 is 15.0 Å². The van der Waals surface area contributed by atoms with Gasteiger partial charge in [0.2, 0.25) is 11.8 Å². The van der Waals surface area contributed by atoms with E-state index in [2.05, 4.69) is 5.32 Å². The summed E-state index contributed by atoms with van der Waals surface area (Å²) in [6.07, 6.45) is 0.598. The van der Waals surface area contributed by atoms with Crippen LogP contribution in [0.4, 0.5) is 0 Å². The summed E-state index contributed by atoms with van der Waals surface area (Å²) in [4.78, 5) is 25.6. The van der Waals surface area contributed by atoms with Gasteiger partial charge in [-0.05, 0) is 20.3 Å². The smallest absolute Gasteiger partial charge is 0.246 e. The highest BCUT2D eigenvalue weighted by Crippen LogP contribution is 2.24. The van der Waals surface area contributed by atoms with Crippen molar-refractivity contribution in [3.8, 4) is 0 Å². The van der Waals surface area contributed by atoms with Crippen LogP contribution in [0.15, 0.2) is 0 Å². The van der Waals surface area contributed by atoms with Crippen molar-refractivity contribution in [2.24, 2.45) is 0 Å². The monoisotopic (exact) mass is 228 g/mol. The Morgan fingerprint density at radius 1 is 1.50 bits per heavy atom. The van der Waals surface area contributed by atoms with Gasteiger partial charge in [0.1, 0.15) is 11.6 Å². The molecule has 0 spiro atoms. The first-order valence-electron chi connectivity index (χ1n) is 5.58. The molecular formula is C11H20N2O3. The second-order valence-electron chi connectivity index (χ2n) is 4.31. The van der Waals surface area contributed by atoms with Gasteiger partial charge in [0.25, 0.3) is 0 Å². The summed E-state index contributed by atoms with van der Waals surface area (Å²) < 4.78 is 4.98. The van der Waals surface area contributed by atoms with Crippen LogP contribution in [0.25, 0.3) is 0 Å². The first-order valence-corrected chi connectivity index (χ1v) is 5.58. The van der Waals surface area contributed by atoms with E-state index in [1.807, 2.05) is 6.92 Å². The molecule has 1 aliphatic heterocycles. The SMILES string of the molecule is CCC1(C)C(=O)NC(C)C(=O)N1CCOC. The summed E-state index contributed by atoms with van der Waals surface area (Å²) in [6, 6.07) is -0.441. The zero-order chi connectivity index (χ0) is 12.3. The van der Waals surface area contributed by atoms with Crippen molar-refractivity contribution in [2.75, 3.05) is 20.3 Å². The lowest BCUT2D eigenvalue weighted by atomic mass is 9.91. The number of methoxy groups -OCH3 is 1. The number of hydrogen-bond donors (Lipinski definition) is 1. The van der Waals surface area contributed by atoms with Crippen LogP contribution in [0.1, 0.15) is 27.2 Å². The third-order valence-electron chi connectivity index (χ3n) is 3.28. The molecule has 2 atom stereocenters. The third-order valence-corrected chi connectivity index (χ3v) is 3.28. The molecule has 0 aliphatic carbocycles. The Kier molecular flexibility index (Phi) is 3.91. The number of carbonyl (C=O) groups excluding carboxylic acids is 2. The number of ether oxygens (including phenoxy) is 1. The van der Waals surface area contributed by atoms with E-state index in [0.29, 0.717) is 19.6 Å². The maximum atomic E-state index is 12.0. The maximum absolute atomic E-state index is 12.0. The molecule has 1 heterocycles. The quantitative estimate of drug-likeness (QED) is 0.745. The molecule has 92 valence electrons. The van der Waals surface area contributed by atoms with Gasteiger partial charge in [-0.3, -0.25) is 9.59 Å². The van der Waals surface area contributed by atoms with Crippen molar-refractivity contribution in [1.82, 2.24) is 10.2 Å². The fourth-order valence-corrected chi connectivity index (χ4v) is 1.90. The molecule has 1 fully saturated rings. The lowest BCUT2D eigenvalue weighted by Gasteiger charge is -2.45. The fraction of sp³-hybridized carbons (Fsp3) is 0.818. The molecule has 1 saturated heterocycles. The standard InChI is InChI=1S/C11H20N2O3/c1-5-11(3)10(15)12-8(2)9(14)13(11)6-7-16-4/h8H,5-7H2,1-4H3,(H,12,15). The number of hydrogen-bond acceptors (Lipinski definition) is 3. The van der Waals surface area contributed by atoms with Gasteiger partial charge in [0.15, 0.2) is 0 Å². The van der Waals surface area contributed by atoms with Crippen molar-refractivity contribution >= 4 is 11.8 Å². The molecule has 0 aromatic heterocycles. The Labute approximate surface area is 96.1 Å². The number of rotatable bonds is 4. The molecule has 0 aromatic carbocycles. The minimum Gasteiger partial charge on any atom is -0.383 e. The molecule has 0 saturated carbocycles. The molecule has 2 amide bonds. The van der Waals surface area contributed by atoms with Crippen molar-refractivity contribution in [3.63, 3.8) is 0 Å². The molecule has 2 unspecified atom stereocenters. The van der Waals surface area contributed by atoms with E-state index >= 15 is 0 Å². The Bertz CT molecular complexity index is 293. The van der Waals surface area contributed by atoms with Crippen LogP contribution in [0.5, 0.6) is 0 Å². The highest BCUT2D eigenvalue weighted by Gasteiger charge is 2.46. The van der Waals surface area contributed by atoms with Gasteiger partial charge in [-0.15, -0.1) is 0 Å². The average Bonchev–Trinajstić information content (AvgIpc) is 2.26. The first-order chi connectivity index (χ1) is 7.47. The van der Waals surface area contributed by atoms with Gasteiger partial charge >= 0.3 is 0 Å². The van der Waals surface area contributed by atoms with Gasteiger partial charge in [0.05, 0.1) is 6.61 Å². The summed E-state index contributed by atoms with van der Waals surface area (Å²) in [6.45, 7) is 6.30. The molecule has 0 aromatic rings. The van der Waals surface area contributed by atoms with Gasteiger partial charge in [-0.25, -0.2) is 0 Å². The van der Waals surface area contributed by atoms with E-state index < -0.39 is 11.6 Å². The maximum Gasteiger partial charge on any atom is 0.246 e. The Morgan fingerprint density at radius 3 is 2.62 bits per heavy atom. The molecule has 5 heteroatoms. The van der Waals surface area contributed by atoms with Crippen LogP contribution in [-0.2, 0) is 14.3 Å². The predicted octanol–water partition coefficient (Wildman–Crippen LogP) is 0.148. The summed E-state index contributed by atoms with van der Waals surface area (Å²) in [5, 5.41) is 2.71. The van der Waals surface area contributed by atoms with E-state index in [0.717, 1.165) is 0 Å². The number of nitrogens with one attached hydrogen (secondary N) is 1. The molecule has 1 N–H and O–H groups in total. The summed E-state index contributed by atoms with van der Waals surface area (Å²) in [7, 11) is 1.58. The van der Waals surface area contributed by atoms with Crippen LogP contribution < -0.4 is 5.32 Å². The van der Waals surface area contributed by atoms with Crippen molar-refractivity contribution in [3.05, 3.63) is 0 Å². The zero-order valence-corrected chi connectivity index (χ0v) is 10.4. The van der Waals surface area contributed by atoms with E-state index in [-0.39, 0.29) is 11.8 Å². The van der Waals surface area contributed by atoms with E-state index in [1.54, 1.807) is 25.9 Å². The van der Waals surface area contributed by atoms with E-state index in [9.17, 15) is 9.59 Å². The lowest BCUT2D eigenvalue weighted by molar-refractivity contribution is -0.157. The molecule has 0 radical (unpaired) electrons. The van der Waals surface area contributed by atoms with Gasteiger partial charge in [-0.2, -0.15) is 0 Å². The van der Waals surface area contributed by atoms with Gasteiger partial charge in [-0.1, -0.05) is 6.92 Å². The molecule has 16 heavy (non-hydrogen) atoms. The molecule has 1 aliphatic rings. The third kappa shape index (κ3) is 2.04. The second-order valence-corrected chi connectivity index (χ2v) is 4.31. The Hall–Kier alpha value is -1.10. The highest BCUT2D eigenvalue weighted by atomic mass is 16.5. The largest absolute Gasteiger partial charge is 0.383 e. The summed E-state index contributed by atoms with van der Waals surface area (Å²) in [5.41, 5.74) is -0.748. The fourth-order valence-electron chi connectivity index (χ4n) is 1.90. The molecule has 5 nitrogen and oxygen atoms in total. The van der Waals surface area contributed by atoms with Gasteiger partial charge in [0, 0.05) is 13.7 Å². The van der Waals surface area contributed by atoms with Crippen LogP contribution >= 0.6 is 0 Å². The lowest BCUT2D eigenvalue weighted by Crippen LogP contribution is -2.69. The Balaban J connectivity index is 2.93. The Morgan fingerprint density at radius 2 is 2.12 bits per heavy atom. The number of piperazine rings is 1. The second kappa shape index (κ2) is 4.82. The van der Waals surface area contributed by atoms with Crippen molar-refractivity contribution in [2.45, 2.75) is 38.8 Å². The summed E-state index contributed by atoms with van der Waals surface area (Å²) in [5.74, 6) is -0.126. The first kappa shape index (κ1) is 13.0. The van der Waals surface area contributed by atoms with Crippen LogP contribution in [0, 0.1) is 0 Å². The van der Waals surface area contributed by atoms with Crippen LogP contribution in [-0.4, -0.2) is 48.6 Å². The molecule has 0 bridgehead atoms. The number of amides is 2. The predicted molar refractivity (Wildman–Crippen MR) is 59.9 cm³/mol. The number of carbonyl (C=O) groups is 2. The minimum atomic E-state index is -0.748. The van der Waals surface area contributed by atoms with E-state index in [1.165, 1.54) is 0 Å². The van der Waals surface area contributed by atoms with Crippen LogP contribution in [0.3, 0.4) is 0 Å². The van der Waals surface area contributed by atoms with Crippen LogP contribution in [0.2, 0.25) is 0 Å². The average molecular weight is 228 g/mol. The van der Waals surface area contributed by atoms with Crippen molar-refractivity contribution in [1.29, 1.82) is 0 Å². The summed E-state index contributed by atoms with van der Waals surface area (Å²) >= 11 is 0. The normalized spacial score (nSPS) is 30.5. The zero-order valence-electron chi connectivity index (χ0n) is 10.4. The minimum absolute atomic E-state index is 0.0407. The molecule has 1 rings (SSSR count). The highest BCUT2D eigenvalue weighted by molar-refractivity contribution is 5.99.